The number of aromatic nitrogens is 2. The molecule has 2 aromatic heterocycles. The molecule has 0 aliphatic carbocycles. The molecule has 0 unspecified atom stereocenters. The van der Waals surface area contributed by atoms with Gasteiger partial charge in [-0.05, 0) is 56.9 Å². The van der Waals surface area contributed by atoms with E-state index in [1.54, 1.807) is 0 Å². The molecule has 0 atom stereocenters. The topological polar surface area (TPSA) is 29.3 Å². The monoisotopic (exact) mass is 321 g/mol. The van der Waals surface area contributed by atoms with Crippen molar-refractivity contribution in [3.8, 4) is 0 Å². The Morgan fingerprint density at radius 1 is 0.958 bits per heavy atom. The van der Waals surface area contributed by atoms with Gasteiger partial charge in [0.1, 0.15) is 11.5 Å². The van der Waals surface area contributed by atoms with E-state index in [4.69, 9.17) is 4.98 Å². The fourth-order valence-corrected chi connectivity index (χ4v) is 3.28. The van der Waals surface area contributed by atoms with Crippen LogP contribution in [0.5, 0.6) is 0 Å². The van der Waals surface area contributed by atoms with Gasteiger partial charge in [0, 0.05) is 11.4 Å². The van der Waals surface area contributed by atoms with E-state index in [2.05, 4.69) is 73.8 Å². The standard InChI is InChI=1S/C21H27N3/c1-5-6-7-13-18-21(23-20-15(2)10-8-11-16(20)3)24-17(4)12-9-14-19(24)22-18/h8-12,14,23H,5-7,13H2,1-4H3. The van der Waals surface area contributed by atoms with Crippen molar-refractivity contribution in [1.29, 1.82) is 0 Å². The molecule has 1 aromatic carbocycles. The van der Waals surface area contributed by atoms with Crippen LogP contribution in [0.15, 0.2) is 36.4 Å². The molecule has 1 N–H and O–H groups in total. The summed E-state index contributed by atoms with van der Waals surface area (Å²) in [5.41, 5.74) is 7.11. The van der Waals surface area contributed by atoms with Crippen molar-refractivity contribution in [2.45, 2.75) is 53.4 Å². The molecule has 24 heavy (non-hydrogen) atoms. The maximum atomic E-state index is 4.90. The molecule has 0 saturated carbocycles. The zero-order valence-corrected chi connectivity index (χ0v) is 15.2. The lowest BCUT2D eigenvalue weighted by Gasteiger charge is -2.15. The predicted octanol–water partition coefficient (Wildman–Crippen LogP) is 5.74. The number of nitrogens with zero attached hydrogens (tertiary/aromatic N) is 2. The summed E-state index contributed by atoms with van der Waals surface area (Å²) >= 11 is 0. The first-order valence-corrected chi connectivity index (χ1v) is 8.92. The van der Waals surface area contributed by atoms with Crippen LogP contribution in [0.1, 0.15) is 48.7 Å². The SMILES string of the molecule is CCCCCc1nc2cccc(C)n2c1Nc1c(C)cccc1C. The molecule has 0 aliphatic rings. The number of hydrogen-bond acceptors (Lipinski definition) is 2. The number of anilines is 2. The van der Waals surface area contributed by atoms with Gasteiger partial charge in [0.2, 0.25) is 0 Å². The van der Waals surface area contributed by atoms with Crippen LogP contribution >= 0.6 is 0 Å². The van der Waals surface area contributed by atoms with Crippen LogP contribution in [0, 0.1) is 20.8 Å². The number of para-hydroxylation sites is 1. The van der Waals surface area contributed by atoms with Gasteiger partial charge in [0.15, 0.2) is 0 Å². The average Bonchev–Trinajstić information content (AvgIpc) is 2.90. The molecule has 0 radical (unpaired) electrons. The number of unbranched alkanes of at least 4 members (excludes halogenated alkanes) is 2. The Labute approximate surface area is 144 Å². The van der Waals surface area contributed by atoms with Crippen molar-refractivity contribution in [3.63, 3.8) is 0 Å². The van der Waals surface area contributed by atoms with Crippen molar-refractivity contribution >= 4 is 17.2 Å². The molecule has 0 fully saturated rings. The van der Waals surface area contributed by atoms with Crippen LogP contribution in [-0.2, 0) is 6.42 Å². The van der Waals surface area contributed by atoms with Gasteiger partial charge in [-0.25, -0.2) is 4.98 Å². The molecule has 0 spiro atoms. The molecule has 0 amide bonds. The molecule has 3 nitrogen and oxygen atoms in total. The lowest BCUT2D eigenvalue weighted by molar-refractivity contribution is 0.710. The van der Waals surface area contributed by atoms with Crippen LogP contribution in [0.25, 0.3) is 5.65 Å². The van der Waals surface area contributed by atoms with Crippen molar-refractivity contribution in [2.24, 2.45) is 0 Å². The van der Waals surface area contributed by atoms with Crippen molar-refractivity contribution in [3.05, 3.63) is 58.9 Å². The molecule has 2 heterocycles. The summed E-state index contributed by atoms with van der Waals surface area (Å²) in [6.07, 6.45) is 4.67. The molecule has 0 aliphatic heterocycles. The van der Waals surface area contributed by atoms with Crippen LogP contribution < -0.4 is 5.32 Å². The Bertz CT molecular complexity index is 825. The Hall–Kier alpha value is -2.29. The number of rotatable bonds is 6. The second kappa shape index (κ2) is 7.08. The van der Waals surface area contributed by atoms with Crippen LogP contribution in [0.2, 0.25) is 0 Å². The van der Waals surface area contributed by atoms with Crippen LogP contribution in [0.3, 0.4) is 0 Å². The van der Waals surface area contributed by atoms with Crippen LogP contribution in [-0.4, -0.2) is 9.38 Å². The highest BCUT2D eigenvalue weighted by atomic mass is 15.1. The van der Waals surface area contributed by atoms with E-state index < -0.39 is 0 Å². The Balaban J connectivity index is 2.08. The van der Waals surface area contributed by atoms with Crippen molar-refractivity contribution < 1.29 is 0 Å². The summed E-state index contributed by atoms with van der Waals surface area (Å²) < 4.78 is 2.24. The fraction of sp³-hybridized carbons (Fsp3) is 0.381. The van der Waals surface area contributed by atoms with E-state index in [9.17, 15) is 0 Å². The third kappa shape index (κ3) is 3.16. The fourth-order valence-electron chi connectivity index (χ4n) is 3.28. The number of imidazole rings is 1. The van der Waals surface area contributed by atoms with Crippen molar-refractivity contribution in [2.75, 3.05) is 5.32 Å². The molecule has 3 rings (SSSR count). The average molecular weight is 321 g/mol. The first-order valence-electron chi connectivity index (χ1n) is 8.92. The maximum Gasteiger partial charge on any atom is 0.138 e. The van der Waals surface area contributed by atoms with E-state index in [1.165, 1.54) is 47.5 Å². The lowest BCUT2D eigenvalue weighted by atomic mass is 10.1. The molecule has 126 valence electrons. The summed E-state index contributed by atoms with van der Waals surface area (Å²) in [6.45, 7) is 8.69. The number of aryl methyl sites for hydroxylation is 4. The first-order chi connectivity index (χ1) is 11.6. The normalized spacial score (nSPS) is 11.2. The maximum absolute atomic E-state index is 4.90. The van der Waals surface area contributed by atoms with Gasteiger partial charge in [-0.2, -0.15) is 0 Å². The minimum atomic E-state index is 1.02. The van der Waals surface area contributed by atoms with Gasteiger partial charge in [0.05, 0.1) is 5.69 Å². The molecule has 3 heteroatoms. The number of benzene rings is 1. The van der Waals surface area contributed by atoms with Gasteiger partial charge in [0.25, 0.3) is 0 Å². The largest absolute Gasteiger partial charge is 0.339 e. The highest BCUT2D eigenvalue weighted by molar-refractivity contribution is 5.69. The van der Waals surface area contributed by atoms with Gasteiger partial charge < -0.3 is 5.32 Å². The third-order valence-corrected chi connectivity index (χ3v) is 4.65. The molecular formula is C21H27N3. The lowest BCUT2D eigenvalue weighted by Crippen LogP contribution is -2.03. The smallest absolute Gasteiger partial charge is 0.138 e. The second-order valence-electron chi connectivity index (χ2n) is 6.62. The quantitative estimate of drug-likeness (QED) is 0.587. The summed E-state index contributed by atoms with van der Waals surface area (Å²) in [4.78, 5) is 4.90. The Kier molecular flexibility index (Phi) is 4.89. The minimum Gasteiger partial charge on any atom is -0.339 e. The zero-order chi connectivity index (χ0) is 17.1. The predicted molar refractivity (Wildman–Crippen MR) is 102 cm³/mol. The van der Waals surface area contributed by atoms with Crippen LogP contribution in [0.4, 0.5) is 11.5 Å². The van der Waals surface area contributed by atoms with Gasteiger partial charge in [-0.1, -0.05) is 44.0 Å². The van der Waals surface area contributed by atoms with E-state index in [0.717, 1.165) is 17.9 Å². The van der Waals surface area contributed by atoms with Gasteiger partial charge in [-0.15, -0.1) is 0 Å². The minimum absolute atomic E-state index is 1.02. The van der Waals surface area contributed by atoms with E-state index in [-0.39, 0.29) is 0 Å². The number of pyridine rings is 1. The van der Waals surface area contributed by atoms with Crippen molar-refractivity contribution in [1.82, 2.24) is 9.38 Å². The molecule has 0 saturated heterocycles. The van der Waals surface area contributed by atoms with E-state index in [1.807, 2.05) is 0 Å². The summed E-state index contributed by atoms with van der Waals surface area (Å²) in [5, 5.41) is 3.70. The Morgan fingerprint density at radius 2 is 1.67 bits per heavy atom. The van der Waals surface area contributed by atoms with E-state index >= 15 is 0 Å². The third-order valence-electron chi connectivity index (χ3n) is 4.65. The number of nitrogens with one attached hydrogen (secondary N) is 1. The van der Waals surface area contributed by atoms with E-state index in [0.29, 0.717) is 0 Å². The summed E-state index contributed by atoms with van der Waals surface area (Å²) in [6, 6.07) is 12.7. The zero-order valence-electron chi connectivity index (χ0n) is 15.2. The highest BCUT2D eigenvalue weighted by Crippen LogP contribution is 2.29. The highest BCUT2D eigenvalue weighted by Gasteiger charge is 2.15. The molecular weight excluding hydrogens is 294 g/mol. The van der Waals surface area contributed by atoms with Gasteiger partial charge >= 0.3 is 0 Å². The molecule has 0 bridgehead atoms. The molecule has 3 aromatic rings. The number of fused-ring (bicyclic) bond motifs is 1. The second-order valence-corrected chi connectivity index (χ2v) is 6.62. The summed E-state index contributed by atoms with van der Waals surface area (Å²) in [7, 11) is 0. The number of hydrogen-bond donors (Lipinski definition) is 1. The summed E-state index contributed by atoms with van der Waals surface area (Å²) in [5.74, 6) is 1.12. The first kappa shape index (κ1) is 16.6. The Morgan fingerprint density at radius 3 is 2.38 bits per heavy atom. The van der Waals surface area contributed by atoms with Gasteiger partial charge in [-0.3, -0.25) is 4.40 Å².